The predicted octanol–water partition coefficient (Wildman–Crippen LogP) is 4.47. The molecule has 188 valence electrons. The Kier molecular flexibility index (Phi) is 7.40. The van der Waals surface area contributed by atoms with Crippen molar-refractivity contribution in [3.63, 3.8) is 0 Å². The molecule has 3 rings (SSSR count). The maximum absolute atomic E-state index is 12.7. The molecule has 0 aliphatic rings. The summed E-state index contributed by atoms with van der Waals surface area (Å²) >= 11 is 0. The topological polar surface area (TPSA) is 114 Å². The van der Waals surface area contributed by atoms with Crippen LogP contribution in [0.15, 0.2) is 59.5 Å². The highest BCUT2D eigenvalue weighted by atomic mass is 32.2. The number of nitrogens with two attached hydrogens (primary N) is 1. The first kappa shape index (κ1) is 26.0. The van der Waals surface area contributed by atoms with E-state index >= 15 is 0 Å². The molecule has 0 radical (unpaired) electrons. The zero-order chi connectivity index (χ0) is 25.9. The molecule has 0 unspecified atom stereocenters. The summed E-state index contributed by atoms with van der Waals surface area (Å²) in [7, 11) is -4.98. The molecule has 2 N–H and O–H groups in total. The van der Waals surface area contributed by atoms with Crippen molar-refractivity contribution in [3.05, 3.63) is 54.6 Å². The van der Waals surface area contributed by atoms with E-state index in [0.717, 1.165) is 0 Å². The van der Waals surface area contributed by atoms with Crippen molar-refractivity contribution in [2.75, 3.05) is 13.2 Å². The summed E-state index contributed by atoms with van der Waals surface area (Å²) in [6.07, 6.45) is -9.87. The van der Waals surface area contributed by atoms with Crippen LogP contribution in [0.3, 0.4) is 0 Å². The molecule has 1 heterocycles. The van der Waals surface area contributed by atoms with Gasteiger partial charge in [0.25, 0.3) is 0 Å². The highest BCUT2D eigenvalue weighted by Gasteiger charge is 2.35. The van der Waals surface area contributed by atoms with Gasteiger partial charge in [0.15, 0.2) is 19.0 Å². The number of hydrogen-bond donors (Lipinski definition) is 1. The normalized spacial score (nSPS) is 12.3. The second-order valence-corrected chi connectivity index (χ2v) is 8.28. The van der Waals surface area contributed by atoms with E-state index in [9.17, 15) is 34.8 Å². The van der Waals surface area contributed by atoms with E-state index in [2.05, 4.69) is 19.4 Å². The summed E-state index contributed by atoms with van der Waals surface area (Å²) in [5.74, 6) is -2.34. The summed E-state index contributed by atoms with van der Waals surface area (Å²) in [5.41, 5.74) is 0.0353. The van der Waals surface area contributed by atoms with Crippen LogP contribution in [0, 0.1) is 0 Å². The maximum atomic E-state index is 12.7. The first-order valence-electron chi connectivity index (χ1n) is 9.38. The summed E-state index contributed by atoms with van der Waals surface area (Å²) in [4.78, 5) is 5.94. The fourth-order valence-electron chi connectivity index (χ4n) is 2.60. The van der Waals surface area contributed by atoms with Crippen LogP contribution >= 0.6 is 0 Å². The van der Waals surface area contributed by atoms with E-state index in [1.165, 1.54) is 24.3 Å². The SMILES string of the molecule is NS(=O)(=O)c1c(OCC(F)(F)F)nc(-c2cccc(Oc3ccccc3)c2)nc1OCC(F)(F)F. The molecule has 0 spiro atoms. The Morgan fingerprint density at radius 1 is 0.771 bits per heavy atom. The Bertz CT molecular complexity index is 1250. The molecular formula is C20H15F6N3O5S. The van der Waals surface area contributed by atoms with Crippen molar-refractivity contribution in [2.45, 2.75) is 17.2 Å². The lowest BCUT2D eigenvalue weighted by Gasteiger charge is -2.16. The average molecular weight is 523 g/mol. The van der Waals surface area contributed by atoms with Crippen molar-refractivity contribution < 1.29 is 49.0 Å². The number of aromatic nitrogens is 2. The molecule has 0 fully saturated rings. The van der Waals surface area contributed by atoms with E-state index in [1.807, 2.05) is 0 Å². The Morgan fingerprint density at radius 2 is 1.29 bits per heavy atom. The molecular weight excluding hydrogens is 508 g/mol. The maximum Gasteiger partial charge on any atom is 0.422 e. The van der Waals surface area contributed by atoms with Gasteiger partial charge in [-0.15, -0.1) is 0 Å². The summed E-state index contributed by atoms with van der Waals surface area (Å²) < 4.78 is 115. The van der Waals surface area contributed by atoms with Crippen LogP contribution in [-0.4, -0.2) is 44.0 Å². The van der Waals surface area contributed by atoms with E-state index in [0.29, 0.717) is 5.75 Å². The minimum Gasteiger partial charge on any atom is -0.467 e. The molecule has 0 bridgehead atoms. The second kappa shape index (κ2) is 9.95. The van der Waals surface area contributed by atoms with E-state index in [1.54, 1.807) is 30.3 Å². The van der Waals surface area contributed by atoms with E-state index < -0.39 is 58.1 Å². The van der Waals surface area contributed by atoms with Crippen LogP contribution in [0.5, 0.6) is 23.3 Å². The van der Waals surface area contributed by atoms with Gasteiger partial charge in [-0.1, -0.05) is 30.3 Å². The number of alkyl halides is 6. The number of sulfonamides is 1. The Labute approximate surface area is 194 Å². The summed E-state index contributed by atoms with van der Waals surface area (Å²) in [5, 5.41) is 4.99. The van der Waals surface area contributed by atoms with E-state index in [-0.39, 0.29) is 11.3 Å². The molecule has 15 heteroatoms. The first-order chi connectivity index (χ1) is 16.2. The highest BCUT2D eigenvalue weighted by molar-refractivity contribution is 7.89. The summed E-state index contributed by atoms with van der Waals surface area (Å²) in [6.45, 7) is -4.02. The average Bonchev–Trinajstić information content (AvgIpc) is 2.75. The van der Waals surface area contributed by atoms with Gasteiger partial charge in [-0.2, -0.15) is 36.3 Å². The van der Waals surface area contributed by atoms with Crippen molar-refractivity contribution in [3.8, 4) is 34.6 Å². The van der Waals surface area contributed by atoms with Crippen molar-refractivity contribution in [2.24, 2.45) is 5.14 Å². The van der Waals surface area contributed by atoms with Gasteiger partial charge in [0, 0.05) is 5.56 Å². The number of para-hydroxylation sites is 1. The lowest BCUT2D eigenvalue weighted by atomic mass is 10.2. The standard InChI is InChI=1S/C20H15F6N3O5S/c21-19(22,23)10-32-17-15(35(27,30)31)18(33-11-20(24,25)26)29-16(28-17)12-5-4-8-14(9-12)34-13-6-2-1-3-7-13/h1-9H,10-11H2,(H2,27,30,31). The zero-order valence-corrected chi connectivity index (χ0v) is 18.1. The van der Waals surface area contributed by atoms with Crippen LogP contribution in [0.1, 0.15) is 0 Å². The van der Waals surface area contributed by atoms with Crippen LogP contribution in [0.4, 0.5) is 26.3 Å². The monoisotopic (exact) mass is 523 g/mol. The quantitative estimate of drug-likeness (QED) is 0.434. The van der Waals surface area contributed by atoms with Gasteiger partial charge in [-0.3, -0.25) is 0 Å². The van der Waals surface area contributed by atoms with Gasteiger partial charge >= 0.3 is 12.4 Å². The molecule has 0 atom stereocenters. The van der Waals surface area contributed by atoms with E-state index in [4.69, 9.17) is 9.88 Å². The smallest absolute Gasteiger partial charge is 0.422 e. The van der Waals surface area contributed by atoms with Gasteiger partial charge in [-0.25, -0.2) is 13.6 Å². The van der Waals surface area contributed by atoms with Crippen molar-refractivity contribution in [1.82, 2.24) is 9.97 Å². The van der Waals surface area contributed by atoms with Crippen LogP contribution < -0.4 is 19.3 Å². The lowest BCUT2D eigenvalue weighted by molar-refractivity contribution is -0.155. The molecule has 1 aromatic heterocycles. The molecule has 0 saturated heterocycles. The van der Waals surface area contributed by atoms with Crippen molar-refractivity contribution >= 4 is 10.0 Å². The molecule has 8 nitrogen and oxygen atoms in total. The summed E-state index contributed by atoms with van der Waals surface area (Å²) in [6, 6.07) is 14.0. The van der Waals surface area contributed by atoms with Gasteiger partial charge < -0.3 is 14.2 Å². The number of hydrogen-bond acceptors (Lipinski definition) is 7. The predicted molar refractivity (Wildman–Crippen MR) is 108 cm³/mol. The Hall–Kier alpha value is -3.59. The minimum absolute atomic E-state index is 0.0353. The second-order valence-electron chi connectivity index (χ2n) is 6.78. The molecule has 0 amide bonds. The fraction of sp³-hybridized carbons (Fsp3) is 0.200. The number of nitrogens with zero attached hydrogens (tertiary/aromatic N) is 2. The Morgan fingerprint density at radius 3 is 1.77 bits per heavy atom. The zero-order valence-electron chi connectivity index (χ0n) is 17.3. The molecule has 0 aliphatic carbocycles. The van der Waals surface area contributed by atoms with Crippen LogP contribution in [-0.2, 0) is 10.0 Å². The highest BCUT2D eigenvalue weighted by Crippen LogP contribution is 2.35. The fourth-order valence-corrected chi connectivity index (χ4v) is 3.30. The third-order valence-electron chi connectivity index (χ3n) is 3.90. The third-order valence-corrected chi connectivity index (χ3v) is 4.82. The largest absolute Gasteiger partial charge is 0.467 e. The number of primary sulfonamides is 1. The van der Waals surface area contributed by atoms with Gasteiger partial charge in [0.2, 0.25) is 26.7 Å². The molecule has 2 aromatic carbocycles. The molecule has 0 aliphatic heterocycles. The molecule has 3 aromatic rings. The van der Waals surface area contributed by atoms with Gasteiger partial charge in [0.1, 0.15) is 11.5 Å². The van der Waals surface area contributed by atoms with Crippen LogP contribution in [0.25, 0.3) is 11.4 Å². The number of benzene rings is 2. The first-order valence-corrected chi connectivity index (χ1v) is 10.9. The molecule has 0 saturated carbocycles. The van der Waals surface area contributed by atoms with Crippen LogP contribution in [0.2, 0.25) is 0 Å². The Balaban J connectivity index is 2.11. The lowest BCUT2D eigenvalue weighted by Crippen LogP contribution is -2.25. The van der Waals surface area contributed by atoms with Gasteiger partial charge in [0.05, 0.1) is 0 Å². The van der Waals surface area contributed by atoms with Crippen molar-refractivity contribution in [1.29, 1.82) is 0 Å². The third kappa shape index (κ3) is 7.71. The number of halogens is 6. The van der Waals surface area contributed by atoms with Gasteiger partial charge in [-0.05, 0) is 24.3 Å². The minimum atomic E-state index is -4.98. The number of rotatable bonds is 8. The molecule has 35 heavy (non-hydrogen) atoms. The number of ether oxygens (including phenoxy) is 3.